The standard InChI is InChI=1S/C16H23ClN2O/c1-16(2,12-4-3-5-13(17)9-12)10-19-15(20)11-6-7-14(18)8-11/h3-5,9,11,14H,6-8,10,18H2,1-2H3,(H,19,20). The summed E-state index contributed by atoms with van der Waals surface area (Å²) in [5.74, 6) is 0.216. The van der Waals surface area contributed by atoms with Crippen LogP contribution in [0.3, 0.4) is 0 Å². The highest BCUT2D eigenvalue weighted by atomic mass is 35.5. The van der Waals surface area contributed by atoms with Crippen molar-refractivity contribution in [2.75, 3.05) is 6.54 Å². The molecule has 0 spiro atoms. The zero-order valence-corrected chi connectivity index (χ0v) is 12.9. The fraction of sp³-hybridized carbons (Fsp3) is 0.562. The maximum atomic E-state index is 12.1. The zero-order chi connectivity index (χ0) is 14.8. The minimum Gasteiger partial charge on any atom is -0.355 e. The largest absolute Gasteiger partial charge is 0.355 e. The Balaban J connectivity index is 1.93. The molecule has 1 aromatic carbocycles. The zero-order valence-electron chi connectivity index (χ0n) is 12.2. The van der Waals surface area contributed by atoms with Gasteiger partial charge >= 0.3 is 0 Å². The maximum Gasteiger partial charge on any atom is 0.223 e. The molecule has 3 nitrogen and oxygen atoms in total. The van der Waals surface area contributed by atoms with E-state index < -0.39 is 0 Å². The van der Waals surface area contributed by atoms with Crippen LogP contribution in [0.15, 0.2) is 24.3 Å². The normalized spacial score (nSPS) is 22.8. The average molecular weight is 295 g/mol. The third-order valence-electron chi connectivity index (χ3n) is 4.15. The molecule has 0 aromatic heterocycles. The lowest BCUT2D eigenvalue weighted by molar-refractivity contribution is -0.125. The Bertz CT molecular complexity index is 487. The van der Waals surface area contributed by atoms with E-state index in [2.05, 4.69) is 19.2 Å². The summed E-state index contributed by atoms with van der Waals surface area (Å²) in [6.45, 7) is 4.83. The van der Waals surface area contributed by atoms with E-state index >= 15 is 0 Å². The molecule has 0 bridgehead atoms. The molecule has 2 unspecified atom stereocenters. The lowest BCUT2D eigenvalue weighted by Gasteiger charge is -2.26. The molecule has 3 N–H and O–H groups in total. The Morgan fingerprint density at radius 2 is 2.20 bits per heavy atom. The summed E-state index contributed by atoms with van der Waals surface area (Å²) in [5, 5.41) is 3.79. The van der Waals surface area contributed by atoms with Crippen molar-refractivity contribution in [2.45, 2.75) is 44.6 Å². The van der Waals surface area contributed by atoms with E-state index in [1.807, 2.05) is 24.3 Å². The highest BCUT2D eigenvalue weighted by Gasteiger charge is 2.29. The highest BCUT2D eigenvalue weighted by molar-refractivity contribution is 6.30. The van der Waals surface area contributed by atoms with E-state index in [0.717, 1.165) is 29.8 Å². The quantitative estimate of drug-likeness (QED) is 0.897. The molecule has 110 valence electrons. The summed E-state index contributed by atoms with van der Waals surface area (Å²) in [4.78, 5) is 12.1. The monoisotopic (exact) mass is 294 g/mol. The van der Waals surface area contributed by atoms with Gasteiger partial charge in [-0.3, -0.25) is 4.79 Å². The van der Waals surface area contributed by atoms with Crippen LogP contribution in [0, 0.1) is 5.92 Å². The van der Waals surface area contributed by atoms with Gasteiger partial charge in [0.2, 0.25) is 5.91 Å². The topological polar surface area (TPSA) is 55.1 Å². The van der Waals surface area contributed by atoms with Crippen LogP contribution in [0.1, 0.15) is 38.7 Å². The number of carbonyl (C=O) groups excluding carboxylic acids is 1. The first-order valence-corrected chi connectivity index (χ1v) is 7.55. The van der Waals surface area contributed by atoms with Gasteiger partial charge in [0, 0.05) is 28.9 Å². The lowest BCUT2D eigenvalue weighted by atomic mass is 9.84. The fourth-order valence-electron chi connectivity index (χ4n) is 2.72. The molecule has 0 saturated heterocycles. The molecule has 1 aliphatic carbocycles. The van der Waals surface area contributed by atoms with Crippen LogP contribution in [0.2, 0.25) is 5.02 Å². The minimum atomic E-state index is -0.138. The van der Waals surface area contributed by atoms with Gasteiger partial charge in [-0.15, -0.1) is 0 Å². The second kappa shape index (κ2) is 6.15. The highest BCUT2D eigenvalue weighted by Crippen LogP contribution is 2.27. The van der Waals surface area contributed by atoms with E-state index in [1.54, 1.807) is 0 Å². The second-order valence-electron chi connectivity index (χ2n) is 6.38. The number of nitrogens with two attached hydrogens (primary N) is 1. The van der Waals surface area contributed by atoms with Crippen LogP contribution in [-0.4, -0.2) is 18.5 Å². The lowest BCUT2D eigenvalue weighted by Crippen LogP contribution is -2.39. The number of hydrogen-bond donors (Lipinski definition) is 2. The molecule has 0 radical (unpaired) electrons. The van der Waals surface area contributed by atoms with Crippen molar-refractivity contribution in [1.82, 2.24) is 5.32 Å². The van der Waals surface area contributed by atoms with Gasteiger partial charge in [0.15, 0.2) is 0 Å². The molecule has 1 saturated carbocycles. The van der Waals surface area contributed by atoms with Gasteiger partial charge in [-0.25, -0.2) is 0 Å². The predicted molar refractivity (Wildman–Crippen MR) is 82.8 cm³/mol. The molecule has 20 heavy (non-hydrogen) atoms. The first-order valence-electron chi connectivity index (χ1n) is 7.18. The fourth-order valence-corrected chi connectivity index (χ4v) is 2.91. The Labute approximate surface area is 125 Å². The molecule has 1 fully saturated rings. The van der Waals surface area contributed by atoms with Crippen molar-refractivity contribution in [1.29, 1.82) is 0 Å². The third-order valence-corrected chi connectivity index (χ3v) is 4.39. The predicted octanol–water partition coefficient (Wildman–Crippen LogP) is 2.86. The number of rotatable bonds is 4. The van der Waals surface area contributed by atoms with Crippen molar-refractivity contribution in [2.24, 2.45) is 11.7 Å². The van der Waals surface area contributed by atoms with Crippen molar-refractivity contribution >= 4 is 17.5 Å². The van der Waals surface area contributed by atoms with Crippen LogP contribution in [0.4, 0.5) is 0 Å². The molecule has 1 aliphatic rings. The van der Waals surface area contributed by atoms with E-state index in [1.165, 1.54) is 0 Å². The number of carbonyl (C=O) groups is 1. The first-order chi connectivity index (χ1) is 9.38. The van der Waals surface area contributed by atoms with Gasteiger partial charge in [0.05, 0.1) is 0 Å². The van der Waals surface area contributed by atoms with Crippen LogP contribution >= 0.6 is 11.6 Å². The van der Waals surface area contributed by atoms with E-state index in [-0.39, 0.29) is 23.3 Å². The Hall–Kier alpha value is -1.06. The van der Waals surface area contributed by atoms with Crippen molar-refractivity contribution in [3.63, 3.8) is 0 Å². The van der Waals surface area contributed by atoms with Crippen LogP contribution in [0.5, 0.6) is 0 Å². The van der Waals surface area contributed by atoms with Crippen molar-refractivity contribution in [3.8, 4) is 0 Å². The van der Waals surface area contributed by atoms with Gasteiger partial charge in [-0.2, -0.15) is 0 Å². The number of halogens is 1. The Morgan fingerprint density at radius 1 is 1.45 bits per heavy atom. The molecule has 0 aliphatic heterocycles. The summed E-state index contributed by atoms with van der Waals surface area (Å²) in [6, 6.07) is 7.99. The molecule has 2 rings (SSSR count). The van der Waals surface area contributed by atoms with Crippen molar-refractivity contribution in [3.05, 3.63) is 34.9 Å². The van der Waals surface area contributed by atoms with Crippen molar-refractivity contribution < 1.29 is 4.79 Å². The summed E-state index contributed by atoms with van der Waals surface area (Å²) in [7, 11) is 0. The second-order valence-corrected chi connectivity index (χ2v) is 6.82. The van der Waals surface area contributed by atoms with Gasteiger partial charge < -0.3 is 11.1 Å². The Morgan fingerprint density at radius 3 is 2.80 bits per heavy atom. The molecule has 4 heteroatoms. The van der Waals surface area contributed by atoms with Gasteiger partial charge in [0.1, 0.15) is 0 Å². The third kappa shape index (κ3) is 3.74. The first kappa shape index (κ1) is 15.3. The minimum absolute atomic E-state index is 0.0835. The van der Waals surface area contributed by atoms with Crippen LogP contribution in [-0.2, 0) is 10.2 Å². The van der Waals surface area contributed by atoms with E-state index in [9.17, 15) is 4.79 Å². The maximum absolute atomic E-state index is 12.1. The molecule has 0 heterocycles. The van der Waals surface area contributed by atoms with E-state index in [4.69, 9.17) is 17.3 Å². The van der Waals surface area contributed by atoms with Crippen LogP contribution < -0.4 is 11.1 Å². The van der Waals surface area contributed by atoms with E-state index in [0.29, 0.717) is 6.54 Å². The smallest absolute Gasteiger partial charge is 0.223 e. The number of amides is 1. The van der Waals surface area contributed by atoms with Gasteiger partial charge in [0.25, 0.3) is 0 Å². The number of hydrogen-bond acceptors (Lipinski definition) is 2. The van der Waals surface area contributed by atoms with Gasteiger partial charge in [-0.05, 0) is 37.0 Å². The summed E-state index contributed by atoms with van der Waals surface area (Å²) in [6.07, 6.45) is 2.67. The summed E-state index contributed by atoms with van der Waals surface area (Å²) >= 11 is 6.03. The molecular weight excluding hydrogens is 272 g/mol. The van der Waals surface area contributed by atoms with Crippen LogP contribution in [0.25, 0.3) is 0 Å². The number of benzene rings is 1. The number of nitrogens with one attached hydrogen (secondary N) is 1. The average Bonchev–Trinajstić information content (AvgIpc) is 2.83. The molecular formula is C16H23ClN2O. The molecule has 1 aromatic rings. The SMILES string of the molecule is CC(C)(CNC(=O)C1CCC(N)C1)c1cccc(Cl)c1. The molecule has 2 atom stereocenters. The summed E-state index contributed by atoms with van der Waals surface area (Å²) < 4.78 is 0. The Kier molecular flexibility index (Phi) is 4.71. The summed E-state index contributed by atoms with van der Waals surface area (Å²) in [5.41, 5.74) is 6.85. The molecule has 1 amide bonds. The van der Waals surface area contributed by atoms with Gasteiger partial charge in [-0.1, -0.05) is 37.6 Å².